The van der Waals surface area contributed by atoms with E-state index < -0.39 is 0 Å². The van der Waals surface area contributed by atoms with Crippen LogP contribution < -0.4 is 0 Å². The molecule has 0 aliphatic carbocycles. The molecule has 14 heavy (non-hydrogen) atoms. The van der Waals surface area contributed by atoms with Gasteiger partial charge in [-0.2, -0.15) is 0 Å². The van der Waals surface area contributed by atoms with Crippen molar-refractivity contribution in [2.45, 2.75) is 27.7 Å². The van der Waals surface area contributed by atoms with E-state index in [9.17, 15) is 0 Å². The lowest BCUT2D eigenvalue weighted by Gasteiger charge is -2.08. The van der Waals surface area contributed by atoms with Crippen LogP contribution in [0.3, 0.4) is 0 Å². The van der Waals surface area contributed by atoms with Gasteiger partial charge in [-0.3, -0.25) is 0 Å². The molecule has 0 spiro atoms. The van der Waals surface area contributed by atoms with Crippen LogP contribution in [0.15, 0.2) is 24.3 Å². The number of allylic oxidation sites excluding steroid dienone is 2. The third-order valence-electron chi connectivity index (χ3n) is 2.39. The second-order valence-corrected chi connectivity index (χ2v) is 3.53. The minimum atomic E-state index is 1.34. The third kappa shape index (κ3) is 2.14. The number of benzene rings is 1. The van der Waals surface area contributed by atoms with Crippen LogP contribution in [0.4, 0.5) is 0 Å². The van der Waals surface area contributed by atoms with Crippen molar-refractivity contribution in [2.24, 2.45) is 0 Å². The largest absolute Gasteiger partial charge is 0.0870 e. The molecule has 0 saturated carbocycles. The molecule has 0 heterocycles. The second kappa shape index (κ2) is 4.80. The standard InChI is InChI=1S/C14H18/c1-5-7-13-11(3)9-10-12(4)14(13)8-6-2/h5-10H,1-4H3/b7-5-,8-6-. The van der Waals surface area contributed by atoms with Crippen molar-refractivity contribution in [3.63, 3.8) is 0 Å². The highest BCUT2D eigenvalue weighted by Crippen LogP contribution is 2.21. The fourth-order valence-corrected chi connectivity index (χ4v) is 1.63. The van der Waals surface area contributed by atoms with Crippen LogP contribution in [-0.4, -0.2) is 0 Å². The summed E-state index contributed by atoms with van der Waals surface area (Å²) >= 11 is 0. The molecular formula is C14H18. The first kappa shape index (κ1) is 10.8. The van der Waals surface area contributed by atoms with Gasteiger partial charge in [-0.25, -0.2) is 0 Å². The molecule has 0 nitrogen and oxygen atoms in total. The van der Waals surface area contributed by atoms with Crippen molar-refractivity contribution >= 4 is 12.2 Å². The Morgan fingerprint density at radius 1 is 0.786 bits per heavy atom. The molecule has 0 radical (unpaired) electrons. The molecule has 1 aromatic rings. The number of rotatable bonds is 2. The first-order valence-electron chi connectivity index (χ1n) is 5.06. The van der Waals surface area contributed by atoms with Crippen LogP contribution in [0.2, 0.25) is 0 Å². The van der Waals surface area contributed by atoms with Gasteiger partial charge in [-0.15, -0.1) is 0 Å². The summed E-state index contributed by atoms with van der Waals surface area (Å²) in [5.74, 6) is 0. The molecule has 74 valence electrons. The van der Waals surface area contributed by atoms with Crippen LogP contribution in [0.1, 0.15) is 36.1 Å². The van der Waals surface area contributed by atoms with Gasteiger partial charge in [0.1, 0.15) is 0 Å². The molecule has 0 fully saturated rings. The predicted octanol–water partition coefficient (Wildman–Crippen LogP) is 4.37. The summed E-state index contributed by atoms with van der Waals surface area (Å²) in [6.07, 6.45) is 8.54. The van der Waals surface area contributed by atoms with Gasteiger partial charge in [-0.05, 0) is 49.9 Å². The SMILES string of the molecule is C/C=C\c1c(C)ccc(C)c1/C=C\C. The molecule has 1 aromatic carbocycles. The maximum Gasteiger partial charge on any atom is -0.0155 e. The molecule has 0 aliphatic rings. The maximum atomic E-state index is 2.18. The van der Waals surface area contributed by atoms with E-state index in [0.717, 1.165) is 0 Å². The molecule has 0 unspecified atom stereocenters. The average molecular weight is 186 g/mol. The summed E-state index contributed by atoms with van der Waals surface area (Å²) in [4.78, 5) is 0. The second-order valence-electron chi connectivity index (χ2n) is 3.53. The van der Waals surface area contributed by atoms with E-state index in [2.05, 4.69) is 64.1 Å². The summed E-state index contributed by atoms with van der Waals surface area (Å²) in [5, 5.41) is 0. The van der Waals surface area contributed by atoms with E-state index >= 15 is 0 Å². The third-order valence-corrected chi connectivity index (χ3v) is 2.39. The molecule has 0 bridgehead atoms. The number of aryl methyl sites for hydroxylation is 2. The minimum absolute atomic E-state index is 1.34. The number of hydrogen-bond donors (Lipinski definition) is 0. The smallest absolute Gasteiger partial charge is 0.0155 e. The molecule has 0 amide bonds. The van der Waals surface area contributed by atoms with E-state index in [1.54, 1.807) is 0 Å². The van der Waals surface area contributed by atoms with E-state index in [1.165, 1.54) is 22.3 Å². The van der Waals surface area contributed by atoms with E-state index in [0.29, 0.717) is 0 Å². The van der Waals surface area contributed by atoms with Gasteiger partial charge in [0.25, 0.3) is 0 Å². The van der Waals surface area contributed by atoms with Gasteiger partial charge in [-0.1, -0.05) is 36.4 Å². The topological polar surface area (TPSA) is 0 Å². The van der Waals surface area contributed by atoms with Crippen molar-refractivity contribution in [2.75, 3.05) is 0 Å². The highest BCUT2D eigenvalue weighted by molar-refractivity contribution is 5.69. The van der Waals surface area contributed by atoms with Crippen LogP contribution in [0.5, 0.6) is 0 Å². The molecule has 0 N–H and O–H groups in total. The highest BCUT2D eigenvalue weighted by atomic mass is 14.1. The summed E-state index contributed by atoms with van der Waals surface area (Å²) in [6, 6.07) is 4.36. The highest BCUT2D eigenvalue weighted by Gasteiger charge is 2.02. The molecule has 0 aromatic heterocycles. The normalized spacial score (nSPS) is 11.7. The van der Waals surface area contributed by atoms with E-state index in [4.69, 9.17) is 0 Å². The van der Waals surface area contributed by atoms with E-state index in [-0.39, 0.29) is 0 Å². The average Bonchev–Trinajstić information content (AvgIpc) is 2.17. The monoisotopic (exact) mass is 186 g/mol. The van der Waals surface area contributed by atoms with Gasteiger partial charge >= 0.3 is 0 Å². The Balaban J connectivity index is 3.41. The Bertz CT molecular complexity index is 331. The minimum Gasteiger partial charge on any atom is -0.0870 e. The van der Waals surface area contributed by atoms with Crippen LogP contribution in [0.25, 0.3) is 12.2 Å². The molecule has 0 atom stereocenters. The zero-order chi connectivity index (χ0) is 10.6. The Kier molecular flexibility index (Phi) is 3.70. The molecule has 0 heteroatoms. The summed E-state index contributed by atoms with van der Waals surface area (Å²) in [5.41, 5.74) is 5.35. The zero-order valence-corrected chi connectivity index (χ0v) is 9.46. The van der Waals surface area contributed by atoms with Crippen LogP contribution in [0, 0.1) is 13.8 Å². The zero-order valence-electron chi connectivity index (χ0n) is 9.46. The Morgan fingerprint density at radius 2 is 1.14 bits per heavy atom. The van der Waals surface area contributed by atoms with Gasteiger partial charge in [0.15, 0.2) is 0 Å². The molecule has 0 saturated heterocycles. The van der Waals surface area contributed by atoms with Crippen molar-refractivity contribution in [3.05, 3.63) is 46.5 Å². The Morgan fingerprint density at radius 3 is 1.43 bits per heavy atom. The predicted molar refractivity (Wildman–Crippen MR) is 65.3 cm³/mol. The first-order chi connectivity index (χ1) is 6.70. The fourth-order valence-electron chi connectivity index (χ4n) is 1.63. The van der Waals surface area contributed by atoms with Crippen LogP contribution in [-0.2, 0) is 0 Å². The lowest BCUT2D eigenvalue weighted by molar-refractivity contribution is 1.35. The summed E-state index contributed by atoms with van der Waals surface area (Å²) in [6.45, 7) is 8.42. The van der Waals surface area contributed by atoms with Crippen molar-refractivity contribution in [1.82, 2.24) is 0 Å². The number of hydrogen-bond acceptors (Lipinski definition) is 0. The quantitative estimate of drug-likeness (QED) is 0.643. The lowest BCUT2D eigenvalue weighted by Crippen LogP contribution is -1.90. The maximum absolute atomic E-state index is 2.18. The summed E-state index contributed by atoms with van der Waals surface area (Å²) < 4.78 is 0. The van der Waals surface area contributed by atoms with E-state index in [1.807, 2.05) is 0 Å². The van der Waals surface area contributed by atoms with Gasteiger partial charge in [0.05, 0.1) is 0 Å². The van der Waals surface area contributed by atoms with Gasteiger partial charge in [0, 0.05) is 0 Å². The lowest BCUT2D eigenvalue weighted by atomic mass is 9.96. The Hall–Kier alpha value is -1.30. The van der Waals surface area contributed by atoms with Crippen LogP contribution >= 0.6 is 0 Å². The van der Waals surface area contributed by atoms with Gasteiger partial charge < -0.3 is 0 Å². The molecule has 0 aliphatic heterocycles. The van der Waals surface area contributed by atoms with Crippen molar-refractivity contribution in [1.29, 1.82) is 0 Å². The summed E-state index contributed by atoms with van der Waals surface area (Å²) in [7, 11) is 0. The van der Waals surface area contributed by atoms with Crippen molar-refractivity contribution in [3.8, 4) is 0 Å². The fraction of sp³-hybridized carbons (Fsp3) is 0.286. The molecule has 1 rings (SSSR count). The van der Waals surface area contributed by atoms with Gasteiger partial charge in [0.2, 0.25) is 0 Å². The Labute approximate surface area is 87.0 Å². The van der Waals surface area contributed by atoms with Crippen molar-refractivity contribution < 1.29 is 0 Å². The first-order valence-corrected chi connectivity index (χ1v) is 5.06. The molecular weight excluding hydrogens is 168 g/mol.